The number of thioether (sulfide) groups is 1. The SMILES string of the molecule is C[C@@H](c1nnc(SCc2ccccc2)n1-c1ccc(F)cc1)N(C)C. The molecule has 0 spiro atoms. The molecule has 0 amide bonds. The van der Waals surface area contributed by atoms with Crippen molar-refractivity contribution < 1.29 is 4.39 Å². The van der Waals surface area contributed by atoms with E-state index < -0.39 is 0 Å². The zero-order chi connectivity index (χ0) is 17.8. The van der Waals surface area contributed by atoms with Crippen LogP contribution in [0.3, 0.4) is 0 Å². The van der Waals surface area contributed by atoms with Gasteiger partial charge in [0.05, 0.1) is 6.04 Å². The summed E-state index contributed by atoms with van der Waals surface area (Å²) in [7, 11) is 4.01. The Bertz CT molecular complexity index is 815. The molecule has 0 unspecified atom stereocenters. The van der Waals surface area contributed by atoms with Gasteiger partial charge in [-0.2, -0.15) is 0 Å². The summed E-state index contributed by atoms with van der Waals surface area (Å²) in [6, 6.07) is 16.8. The third kappa shape index (κ3) is 4.08. The minimum Gasteiger partial charge on any atom is -0.300 e. The van der Waals surface area contributed by atoms with Crippen LogP contribution in [0.4, 0.5) is 4.39 Å². The van der Waals surface area contributed by atoms with Crippen molar-refractivity contribution in [3.05, 3.63) is 71.8 Å². The fraction of sp³-hybridized carbons (Fsp3) is 0.263. The average molecular weight is 356 g/mol. The number of aromatic nitrogens is 3. The lowest BCUT2D eigenvalue weighted by molar-refractivity contribution is 0.305. The maximum Gasteiger partial charge on any atom is 0.196 e. The Kier molecular flexibility index (Phi) is 5.50. The van der Waals surface area contributed by atoms with Crippen LogP contribution in [-0.4, -0.2) is 33.8 Å². The van der Waals surface area contributed by atoms with Crippen molar-refractivity contribution in [1.82, 2.24) is 19.7 Å². The van der Waals surface area contributed by atoms with Crippen LogP contribution in [0.15, 0.2) is 59.8 Å². The maximum atomic E-state index is 13.3. The van der Waals surface area contributed by atoms with Crippen molar-refractivity contribution in [2.45, 2.75) is 23.9 Å². The number of benzene rings is 2. The van der Waals surface area contributed by atoms with E-state index in [9.17, 15) is 4.39 Å². The van der Waals surface area contributed by atoms with Crippen LogP contribution in [0.5, 0.6) is 0 Å². The highest BCUT2D eigenvalue weighted by Crippen LogP contribution is 2.28. The third-order valence-electron chi connectivity index (χ3n) is 4.10. The van der Waals surface area contributed by atoms with Crippen LogP contribution in [0, 0.1) is 5.82 Å². The van der Waals surface area contributed by atoms with Gasteiger partial charge in [-0.1, -0.05) is 42.1 Å². The van der Waals surface area contributed by atoms with Crippen molar-refractivity contribution in [2.24, 2.45) is 0 Å². The van der Waals surface area contributed by atoms with E-state index in [-0.39, 0.29) is 11.9 Å². The van der Waals surface area contributed by atoms with E-state index in [0.717, 1.165) is 22.4 Å². The van der Waals surface area contributed by atoms with Gasteiger partial charge < -0.3 is 0 Å². The molecule has 2 aromatic carbocycles. The number of rotatable bonds is 6. The second-order valence-electron chi connectivity index (χ2n) is 6.07. The van der Waals surface area contributed by atoms with Crippen LogP contribution in [0.2, 0.25) is 0 Å². The Labute approximate surface area is 151 Å². The zero-order valence-electron chi connectivity index (χ0n) is 14.6. The molecule has 6 heteroatoms. The largest absolute Gasteiger partial charge is 0.300 e. The molecular weight excluding hydrogens is 335 g/mol. The first-order valence-electron chi connectivity index (χ1n) is 8.10. The number of nitrogens with zero attached hydrogens (tertiary/aromatic N) is 4. The number of hydrogen-bond donors (Lipinski definition) is 0. The Morgan fingerprint density at radius 2 is 1.72 bits per heavy atom. The van der Waals surface area contributed by atoms with Gasteiger partial charge in [-0.15, -0.1) is 10.2 Å². The predicted molar refractivity (Wildman–Crippen MR) is 99.4 cm³/mol. The second kappa shape index (κ2) is 7.80. The van der Waals surface area contributed by atoms with Gasteiger partial charge in [-0.25, -0.2) is 4.39 Å². The summed E-state index contributed by atoms with van der Waals surface area (Å²) >= 11 is 1.63. The summed E-state index contributed by atoms with van der Waals surface area (Å²) in [6.07, 6.45) is 0. The molecule has 1 atom stereocenters. The molecule has 0 saturated carbocycles. The Morgan fingerprint density at radius 1 is 1.04 bits per heavy atom. The van der Waals surface area contributed by atoms with Crippen molar-refractivity contribution in [1.29, 1.82) is 0 Å². The molecule has 1 aromatic heterocycles. The molecule has 0 radical (unpaired) electrons. The minimum absolute atomic E-state index is 0.0867. The van der Waals surface area contributed by atoms with Crippen molar-refractivity contribution in [3.63, 3.8) is 0 Å². The van der Waals surface area contributed by atoms with E-state index >= 15 is 0 Å². The molecule has 0 N–H and O–H groups in total. The van der Waals surface area contributed by atoms with Gasteiger partial charge in [-0.3, -0.25) is 9.47 Å². The molecule has 0 fully saturated rings. The summed E-state index contributed by atoms with van der Waals surface area (Å²) in [5.41, 5.74) is 2.09. The van der Waals surface area contributed by atoms with E-state index in [4.69, 9.17) is 0 Å². The average Bonchev–Trinajstić information content (AvgIpc) is 3.04. The molecule has 0 aliphatic rings. The first-order chi connectivity index (χ1) is 12.1. The Balaban J connectivity index is 1.95. The van der Waals surface area contributed by atoms with Gasteiger partial charge >= 0.3 is 0 Å². The summed E-state index contributed by atoms with van der Waals surface area (Å²) < 4.78 is 15.3. The van der Waals surface area contributed by atoms with Gasteiger partial charge in [0.25, 0.3) is 0 Å². The summed E-state index contributed by atoms with van der Waals surface area (Å²) in [6.45, 7) is 2.08. The lowest BCUT2D eigenvalue weighted by Crippen LogP contribution is -2.20. The van der Waals surface area contributed by atoms with Gasteiger partial charge in [0, 0.05) is 11.4 Å². The third-order valence-corrected chi connectivity index (χ3v) is 5.10. The van der Waals surface area contributed by atoms with E-state index in [1.54, 1.807) is 23.9 Å². The second-order valence-corrected chi connectivity index (χ2v) is 7.01. The molecule has 4 nitrogen and oxygen atoms in total. The molecule has 130 valence electrons. The van der Waals surface area contributed by atoms with E-state index in [2.05, 4.69) is 34.2 Å². The lowest BCUT2D eigenvalue weighted by Gasteiger charge is -2.20. The highest BCUT2D eigenvalue weighted by atomic mass is 32.2. The Morgan fingerprint density at radius 3 is 2.36 bits per heavy atom. The van der Waals surface area contributed by atoms with Gasteiger partial charge in [0.1, 0.15) is 5.82 Å². The topological polar surface area (TPSA) is 34.0 Å². The predicted octanol–water partition coefficient (Wildman–Crippen LogP) is 4.32. The molecule has 25 heavy (non-hydrogen) atoms. The van der Waals surface area contributed by atoms with Crippen LogP contribution < -0.4 is 0 Å². The molecule has 0 aliphatic carbocycles. The quantitative estimate of drug-likeness (QED) is 0.616. The van der Waals surface area contributed by atoms with E-state index in [1.165, 1.54) is 17.7 Å². The Hall–Kier alpha value is -2.18. The molecule has 0 saturated heterocycles. The first-order valence-corrected chi connectivity index (χ1v) is 9.09. The van der Waals surface area contributed by atoms with Crippen LogP contribution >= 0.6 is 11.8 Å². The van der Waals surface area contributed by atoms with Crippen LogP contribution in [0.1, 0.15) is 24.4 Å². The molecule has 0 aliphatic heterocycles. The molecule has 0 bridgehead atoms. The van der Waals surface area contributed by atoms with Gasteiger partial charge in [0.2, 0.25) is 0 Å². The summed E-state index contributed by atoms with van der Waals surface area (Å²) in [5.74, 6) is 1.39. The minimum atomic E-state index is -0.252. The van der Waals surface area contributed by atoms with Crippen LogP contribution in [0.25, 0.3) is 5.69 Å². The highest BCUT2D eigenvalue weighted by molar-refractivity contribution is 7.98. The maximum absolute atomic E-state index is 13.3. The molecular formula is C19H21FN4S. The first kappa shape index (κ1) is 17.6. The number of halogens is 1. The number of hydrogen-bond acceptors (Lipinski definition) is 4. The normalized spacial score (nSPS) is 12.5. The fourth-order valence-electron chi connectivity index (χ4n) is 2.43. The standard InChI is InChI=1S/C19H21FN4S/c1-14(23(2)3)18-21-22-19(25-13-15-7-5-4-6-8-15)24(18)17-11-9-16(20)10-12-17/h4-12,14H,13H2,1-3H3/t14-/m0/s1. The lowest BCUT2D eigenvalue weighted by atomic mass is 10.2. The summed E-state index contributed by atoms with van der Waals surface area (Å²) in [5, 5.41) is 9.60. The monoisotopic (exact) mass is 356 g/mol. The molecule has 3 aromatic rings. The van der Waals surface area contributed by atoms with Crippen LogP contribution in [-0.2, 0) is 5.75 Å². The molecule has 1 heterocycles. The van der Waals surface area contributed by atoms with Gasteiger partial charge in [0.15, 0.2) is 11.0 Å². The van der Waals surface area contributed by atoms with E-state index in [0.29, 0.717) is 0 Å². The fourth-order valence-corrected chi connectivity index (χ4v) is 3.35. The van der Waals surface area contributed by atoms with Crippen molar-refractivity contribution >= 4 is 11.8 Å². The smallest absolute Gasteiger partial charge is 0.196 e. The van der Waals surface area contributed by atoms with Crippen molar-refractivity contribution in [2.75, 3.05) is 14.1 Å². The zero-order valence-corrected chi connectivity index (χ0v) is 15.4. The van der Waals surface area contributed by atoms with E-state index in [1.807, 2.05) is 36.9 Å². The molecule has 3 rings (SSSR count). The summed E-state index contributed by atoms with van der Waals surface area (Å²) in [4.78, 5) is 2.08. The van der Waals surface area contributed by atoms with Crippen molar-refractivity contribution in [3.8, 4) is 5.69 Å². The van der Waals surface area contributed by atoms with Gasteiger partial charge in [-0.05, 0) is 50.8 Å². The highest BCUT2D eigenvalue weighted by Gasteiger charge is 2.21.